The second-order valence-electron chi connectivity index (χ2n) is 11.0. The number of amides is 1. The number of H-pyrrole nitrogens is 1. The molecule has 2 heterocycles. The molecule has 4 N–H and O–H groups in total. The molecule has 5 rings (SSSR count). The Hall–Kier alpha value is -3.85. The molecule has 0 saturated heterocycles. The van der Waals surface area contributed by atoms with Crippen LogP contribution in [0.15, 0.2) is 54.7 Å². The predicted octanol–water partition coefficient (Wildman–Crippen LogP) is 6.42. The standard InChI is InChI=1S/C29H34ClN7O2/c1-29(2,3)39-28(38)37(17-18-11-13-19(31)14-12-18)21-8-6-7-20(15-21)33-27-32-16-23(30)26(34-27)25-22-9-4-5-10-24(22)35-36-25/h4-5,9-14,16,20-21H,6-8,15,17,31H2,1-3H3,(H,35,36)(H,32,33,34). The van der Waals surface area contributed by atoms with Gasteiger partial charge in [0, 0.05) is 29.7 Å². The Balaban J connectivity index is 1.35. The van der Waals surface area contributed by atoms with Crippen LogP contribution in [0.1, 0.15) is 52.0 Å². The van der Waals surface area contributed by atoms with Crippen LogP contribution in [0.5, 0.6) is 0 Å². The van der Waals surface area contributed by atoms with Gasteiger partial charge in [-0.3, -0.25) is 5.10 Å². The van der Waals surface area contributed by atoms with Crippen molar-refractivity contribution in [1.82, 2.24) is 25.1 Å². The van der Waals surface area contributed by atoms with Crippen LogP contribution in [0, 0.1) is 0 Å². The lowest BCUT2D eigenvalue weighted by atomic mass is 9.90. The van der Waals surface area contributed by atoms with Crippen LogP contribution in [0.25, 0.3) is 22.3 Å². The van der Waals surface area contributed by atoms with Crippen LogP contribution >= 0.6 is 11.6 Å². The SMILES string of the molecule is CC(C)(C)OC(=O)N(Cc1ccc(N)cc1)C1CCCC(Nc2ncc(Cl)c(-c3n[nH]c4ccccc34)n2)C1. The van der Waals surface area contributed by atoms with Crippen molar-refractivity contribution in [2.45, 2.75) is 70.7 Å². The number of hydrogen-bond donors (Lipinski definition) is 3. The van der Waals surface area contributed by atoms with E-state index in [2.05, 4.69) is 20.5 Å². The minimum absolute atomic E-state index is 0.00860. The van der Waals surface area contributed by atoms with Crippen LogP contribution in [0.2, 0.25) is 5.02 Å². The Kier molecular flexibility index (Phi) is 7.61. The summed E-state index contributed by atoms with van der Waals surface area (Å²) in [6.07, 6.45) is 4.80. The first-order valence-corrected chi connectivity index (χ1v) is 13.6. The molecular weight excluding hydrogens is 514 g/mol. The Morgan fingerprint density at radius 3 is 2.69 bits per heavy atom. The average molecular weight is 548 g/mol. The van der Waals surface area contributed by atoms with Crippen molar-refractivity contribution >= 4 is 40.2 Å². The zero-order valence-corrected chi connectivity index (χ0v) is 23.2. The van der Waals surface area contributed by atoms with E-state index in [0.717, 1.165) is 42.1 Å². The van der Waals surface area contributed by atoms with E-state index in [0.29, 0.717) is 34.6 Å². The van der Waals surface area contributed by atoms with Gasteiger partial charge < -0.3 is 20.7 Å². The predicted molar refractivity (Wildman–Crippen MR) is 154 cm³/mol. The minimum atomic E-state index is -0.591. The van der Waals surface area contributed by atoms with Crippen LogP contribution in [-0.2, 0) is 11.3 Å². The highest BCUT2D eigenvalue weighted by Crippen LogP contribution is 2.32. The number of carbonyl (C=O) groups is 1. The van der Waals surface area contributed by atoms with Gasteiger partial charge >= 0.3 is 6.09 Å². The third-order valence-electron chi connectivity index (χ3n) is 6.82. The molecule has 1 amide bonds. The maximum absolute atomic E-state index is 13.3. The van der Waals surface area contributed by atoms with E-state index in [1.54, 1.807) is 6.20 Å². The van der Waals surface area contributed by atoms with E-state index in [-0.39, 0.29) is 18.2 Å². The van der Waals surface area contributed by atoms with E-state index in [1.165, 1.54) is 0 Å². The van der Waals surface area contributed by atoms with Gasteiger partial charge in [-0.05, 0) is 70.2 Å². The zero-order chi connectivity index (χ0) is 27.6. The highest BCUT2D eigenvalue weighted by Gasteiger charge is 2.33. The normalized spacial score (nSPS) is 17.6. The molecule has 1 aliphatic carbocycles. The van der Waals surface area contributed by atoms with Crippen molar-refractivity contribution in [2.75, 3.05) is 11.1 Å². The molecule has 0 bridgehead atoms. The van der Waals surface area contributed by atoms with Gasteiger partial charge in [-0.25, -0.2) is 14.8 Å². The zero-order valence-electron chi connectivity index (χ0n) is 22.4. The summed E-state index contributed by atoms with van der Waals surface area (Å²) in [7, 11) is 0. The largest absolute Gasteiger partial charge is 0.444 e. The van der Waals surface area contributed by atoms with Gasteiger partial charge in [0.05, 0.1) is 16.7 Å². The Labute approximate surface area is 233 Å². The number of benzene rings is 2. The highest BCUT2D eigenvalue weighted by atomic mass is 35.5. The molecule has 0 radical (unpaired) electrons. The Morgan fingerprint density at radius 1 is 1.15 bits per heavy atom. The number of aromatic amines is 1. The quantitative estimate of drug-likeness (QED) is 0.238. The molecule has 1 fully saturated rings. The molecule has 2 unspecified atom stereocenters. The molecule has 2 atom stereocenters. The highest BCUT2D eigenvalue weighted by molar-refractivity contribution is 6.33. The first-order chi connectivity index (χ1) is 18.7. The lowest BCUT2D eigenvalue weighted by Gasteiger charge is -2.38. The molecule has 9 nitrogen and oxygen atoms in total. The van der Waals surface area contributed by atoms with Gasteiger partial charge in [0.15, 0.2) is 0 Å². The fourth-order valence-corrected chi connectivity index (χ4v) is 5.17. The number of nitrogen functional groups attached to an aromatic ring is 1. The number of nitrogens with one attached hydrogen (secondary N) is 2. The third kappa shape index (κ3) is 6.42. The van der Waals surface area contributed by atoms with E-state index >= 15 is 0 Å². The molecule has 1 saturated carbocycles. The van der Waals surface area contributed by atoms with Gasteiger partial charge in [-0.1, -0.05) is 41.9 Å². The van der Waals surface area contributed by atoms with E-state index < -0.39 is 5.60 Å². The fraction of sp³-hybridized carbons (Fsp3) is 0.379. The molecule has 39 heavy (non-hydrogen) atoms. The second-order valence-corrected chi connectivity index (χ2v) is 11.4. The Morgan fingerprint density at radius 2 is 1.92 bits per heavy atom. The monoisotopic (exact) mass is 547 g/mol. The summed E-state index contributed by atoms with van der Waals surface area (Å²) in [5, 5.41) is 12.3. The van der Waals surface area contributed by atoms with Gasteiger partial charge in [0.1, 0.15) is 17.0 Å². The summed E-state index contributed by atoms with van der Waals surface area (Å²) in [6.45, 7) is 6.10. The molecule has 0 spiro atoms. The van der Waals surface area contributed by atoms with Gasteiger partial charge in [-0.2, -0.15) is 5.10 Å². The van der Waals surface area contributed by atoms with Crippen LogP contribution < -0.4 is 11.1 Å². The maximum atomic E-state index is 13.3. The number of para-hydroxylation sites is 1. The molecule has 0 aliphatic heterocycles. The van der Waals surface area contributed by atoms with Crippen molar-refractivity contribution in [3.05, 3.63) is 65.3 Å². The molecule has 4 aromatic rings. The molecule has 1 aliphatic rings. The van der Waals surface area contributed by atoms with Gasteiger partial charge in [-0.15, -0.1) is 0 Å². The summed E-state index contributed by atoms with van der Waals surface area (Å²) in [5.41, 5.74) is 9.14. The molecule has 2 aromatic carbocycles. The van der Waals surface area contributed by atoms with Crippen molar-refractivity contribution < 1.29 is 9.53 Å². The number of fused-ring (bicyclic) bond motifs is 1. The number of halogens is 1. The summed E-state index contributed by atoms with van der Waals surface area (Å²) in [5.74, 6) is 0.481. The molecule has 204 valence electrons. The number of ether oxygens (including phenoxy) is 1. The number of anilines is 2. The van der Waals surface area contributed by atoms with Crippen molar-refractivity contribution in [3.63, 3.8) is 0 Å². The maximum Gasteiger partial charge on any atom is 0.410 e. The Bertz CT molecular complexity index is 1450. The smallest absolute Gasteiger partial charge is 0.410 e. The first kappa shape index (κ1) is 26.7. The van der Waals surface area contributed by atoms with Gasteiger partial charge in [0.25, 0.3) is 0 Å². The first-order valence-electron chi connectivity index (χ1n) is 13.2. The van der Waals surface area contributed by atoms with E-state index in [9.17, 15) is 4.79 Å². The van der Waals surface area contributed by atoms with Crippen molar-refractivity contribution in [1.29, 1.82) is 0 Å². The van der Waals surface area contributed by atoms with Crippen LogP contribution in [-0.4, -0.2) is 48.8 Å². The van der Waals surface area contributed by atoms with E-state index in [1.807, 2.05) is 74.2 Å². The lowest BCUT2D eigenvalue weighted by molar-refractivity contribution is 0.00938. The topological polar surface area (TPSA) is 122 Å². The molecular formula is C29H34ClN7O2. The van der Waals surface area contributed by atoms with Crippen molar-refractivity contribution in [3.8, 4) is 11.4 Å². The molecule has 2 aromatic heterocycles. The second kappa shape index (κ2) is 11.1. The number of nitrogens with zero attached hydrogens (tertiary/aromatic N) is 4. The summed E-state index contributed by atoms with van der Waals surface area (Å²) < 4.78 is 5.80. The average Bonchev–Trinajstić information content (AvgIpc) is 3.32. The van der Waals surface area contributed by atoms with Crippen LogP contribution in [0.4, 0.5) is 16.4 Å². The van der Waals surface area contributed by atoms with E-state index in [4.69, 9.17) is 27.1 Å². The van der Waals surface area contributed by atoms with Crippen LogP contribution in [0.3, 0.4) is 0 Å². The lowest BCUT2D eigenvalue weighted by Crippen LogP contribution is -2.46. The number of aromatic nitrogens is 4. The summed E-state index contributed by atoms with van der Waals surface area (Å²) in [4.78, 5) is 24.3. The fourth-order valence-electron chi connectivity index (χ4n) is 4.99. The number of hydrogen-bond acceptors (Lipinski definition) is 7. The molecule has 10 heteroatoms. The van der Waals surface area contributed by atoms with Gasteiger partial charge in [0.2, 0.25) is 5.95 Å². The minimum Gasteiger partial charge on any atom is -0.444 e. The third-order valence-corrected chi connectivity index (χ3v) is 7.10. The number of nitrogens with two attached hydrogens (primary N) is 1. The number of rotatable bonds is 6. The summed E-state index contributed by atoms with van der Waals surface area (Å²) >= 11 is 6.50. The van der Waals surface area contributed by atoms with Crippen molar-refractivity contribution in [2.24, 2.45) is 0 Å². The summed E-state index contributed by atoms with van der Waals surface area (Å²) in [6, 6.07) is 15.5. The number of carbonyl (C=O) groups excluding carboxylic acids is 1.